The number of nitrogens with zero attached hydrogens (tertiary/aromatic N) is 1. The van der Waals surface area contributed by atoms with Gasteiger partial charge < -0.3 is 20.1 Å². The van der Waals surface area contributed by atoms with Crippen LogP contribution in [-0.4, -0.2) is 38.3 Å². The molecule has 1 aliphatic heterocycles. The Kier molecular flexibility index (Phi) is 5.36. The van der Waals surface area contributed by atoms with Gasteiger partial charge in [-0.15, -0.1) is 0 Å². The fourth-order valence-corrected chi connectivity index (χ4v) is 2.83. The molecule has 0 saturated carbocycles. The molecule has 21 heavy (non-hydrogen) atoms. The molecule has 1 heterocycles. The molecule has 0 amide bonds. The second kappa shape index (κ2) is 6.86. The lowest BCUT2D eigenvalue weighted by Gasteiger charge is -2.29. The number of rotatable bonds is 5. The number of nitrogens with two attached hydrogens (primary N) is 1. The van der Waals surface area contributed by atoms with Gasteiger partial charge in [-0.1, -0.05) is 25.4 Å². The molecule has 1 aliphatic rings. The first-order valence-electron chi connectivity index (χ1n) is 7.38. The lowest BCUT2D eigenvalue weighted by atomic mass is 9.93. The van der Waals surface area contributed by atoms with Gasteiger partial charge >= 0.3 is 0 Å². The molecule has 0 atom stereocenters. The van der Waals surface area contributed by atoms with Crippen LogP contribution in [0, 0.1) is 5.41 Å². The van der Waals surface area contributed by atoms with Crippen LogP contribution in [-0.2, 0) is 6.54 Å². The summed E-state index contributed by atoms with van der Waals surface area (Å²) >= 11 is 6.32. The highest BCUT2D eigenvalue weighted by Gasteiger charge is 2.20. The van der Waals surface area contributed by atoms with Crippen LogP contribution < -0.4 is 15.2 Å². The van der Waals surface area contributed by atoms with E-state index in [9.17, 15) is 0 Å². The van der Waals surface area contributed by atoms with Gasteiger partial charge in [0.2, 0.25) is 0 Å². The van der Waals surface area contributed by atoms with Crippen molar-refractivity contribution in [2.24, 2.45) is 11.1 Å². The molecule has 0 bridgehead atoms. The van der Waals surface area contributed by atoms with E-state index in [0.717, 1.165) is 30.8 Å². The van der Waals surface area contributed by atoms with E-state index in [-0.39, 0.29) is 5.41 Å². The van der Waals surface area contributed by atoms with Crippen molar-refractivity contribution in [3.05, 3.63) is 22.7 Å². The first-order valence-corrected chi connectivity index (χ1v) is 7.76. The average molecular weight is 313 g/mol. The van der Waals surface area contributed by atoms with Crippen LogP contribution in [0.5, 0.6) is 11.5 Å². The molecule has 0 saturated heterocycles. The largest absolute Gasteiger partial charge is 0.489 e. The van der Waals surface area contributed by atoms with E-state index in [2.05, 4.69) is 25.8 Å². The molecule has 2 rings (SSSR count). The van der Waals surface area contributed by atoms with Crippen molar-refractivity contribution in [2.45, 2.75) is 26.8 Å². The fourth-order valence-electron chi connectivity index (χ4n) is 2.54. The van der Waals surface area contributed by atoms with E-state index in [0.29, 0.717) is 30.5 Å². The van der Waals surface area contributed by atoms with Gasteiger partial charge in [-0.2, -0.15) is 0 Å². The molecule has 118 valence electrons. The van der Waals surface area contributed by atoms with Crippen LogP contribution >= 0.6 is 11.6 Å². The van der Waals surface area contributed by atoms with E-state index in [1.54, 1.807) is 0 Å². The van der Waals surface area contributed by atoms with Gasteiger partial charge in [0.25, 0.3) is 0 Å². The second-order valence-corrected chi connectivity index (χ2v) is 6.90. The van der Waals surface area contributed by atoms with Gasteiger partial charge in [-0.3, -0.25) is 0 Å². The maximum absolute atomic E-state index is 6.32. The molecule has 0 unspecified atom stereocenters. The summed E-state index contributed by atoms with van der Waals surface area (Å²) in [5.41, 5.74) is 7.02. The molecule has 4 nitrogen and oxygen atoms in total. The summed E-state index contributed by atoms with van der Waals surface area (Å²) in [5.74, 6) is 1.42. The van der Waals surface area contributed by atoms with Crippen molar-refractivity contribution in [1.82, 2.24) is 4.90 Å². The first-order chi connectivity index (χ1) is 9.91. The van der Waals surface area contributed by atoms with Crippen molar-refractivity contribution in [3.63, 3.8) is 0 Å². The highest BCUT2D eigenvalue weighted by molar-refractivity contribution is 6.32. The standard InChI is InChI=1S/C16H25ClN2O2/c1-16(2,10-18)11-19(3)9-12-7-13(17)15-14(8-12)20-5-4-6-21-15/h7-8H,4-6,9-11,18H2,1-3H3. The van der Waals surface area contributed by atoms with Crippen molar-refractivity contribution < 1.29 is 9.47 Å². The fraction of sp³-hybridized carbons (Fsp3) is 0.625. The van der Waals surface area contributed by atoms with E-state index in [1.165, 1.54) is 0 Å². The molecule has 5 heteroatoms. The molecular formula is C16H25ClN2O2. The minimum Gasteiger partial charge on any atom is -0.489 e. The number of hydrogen-bond donors (Lipinski definition) is 1. The van der Waals surface area contributed by atoms with Gasteiger partial charge in [0, 0.05) is 19.5 Å². The molecule has 0 fully saturated rings. The van der Waals surface area contributed by atoms with Crippen LogP contribution in [0.3, 0.4) is 0 Å². The van der Waals surface area contributed by atoms with Gasteiger partial charge in [0.05, 0.1) is 18.2 Å². The lowest BCUT2D eigenvalue weighted by Crippen LogP contribution is -2.36. The zero-order valence-corrected chi connectivity index (χ0v) is 13.9. The predicted octanol–water partition coefficient (Wildman–Crippen LogP) is 2.92. The van der Waals surface area contributed by atoms with Crippen molar-refractivity contribution in [3.8, 4) is 11.5 Å². The normalized spacial score (nSPS) is 15.1. The molecular weight excluding hydrogens is 288 g/mol. The maximum atomic E-state index is 6.32. The van der Waals surface area contributed by atoms with E-state index in [4.69, 9.17) is 26.8 Å². The smallest absolute Gasteiger partial charge is 0.179 e. The first kappa shape index (κ1) is 16.4. The topological polar surface area (TPSA) is 47.7 Å². The summed E-state index contributed by atoms with van der Waals surface area (Å²) in [6.45, 7) is 8.06. The Balaban J connectivity index is 2.10. The third kappa shape index (κ3) is 4.50. The summed E-state index contributed by atoms with van der Waals surface area (Å²) in [6, 6.07) is 3.99. The molecule has 1 aromatic rings. The van der Waals surface area contributed by atoms with Crippen LogP contribution in [0.4, 0.5) is 0 Å². The van der Waals surface area contributed by atoms with Crippen molar-refractivity contribution in [1.29, 1.82) is 0 Å². The van der Waals surface area contributed by atoms with E-state index >= 15 is 0 Å². The molecule has 0 spiro atoms. The third-order valence-electron chi connectivity index (χ3n) is 3.56. The molecule has 2 N–H and O–H groups in total. The quantitative estimate of drug-likeness (QED) is 0.908. The lowest BCUT2D eigenvalue weighted by molar-refractivity contribution is 0.209. The summed E-state index contributed by atoms with van der Waals surface area (Å²) in [7, 11) is 2.09. The Morgan fingerprint density at radius 3 is 2.71 bits per heavy atom. The zero-order valence-electron chi connectivity index (χ0n) is 13.1. The monoisotopic (exact) mass is 312 g/mol. The highest BCUT2D eigenvalue weighted by atomic mass is 35.5. The SMILES string of the molecule is CN(Cc1cc(Cl)c2c(c1)OCCCO2)CC(C)(C)CN. The molecule has 0 aromatic heterocycles. The van der Waals surface area contributed by atoms with Gasteiger partial charge in [-0.25, -0.2) is 0 Å². The zero-order chi connectivity index (χ0) is 15.5. The van der Waals surface area contributed by atoms with E-state index < -0.39 is 0 Å². The predicted molar refractivity (Wildman–Crippen MR) is 86.2 cm³/mol. The summed E-state index contributed by atoms with van der Waals surface area (Å²) in [5, 5.41) is 0.621. The van der Waals surface area contributed by atoms with Crippen molar-refractivity contribution in [2.75, 3.05) is 33.4 Å². The average Bonchev–Trinajstić information content (AvgIpc) is 2.63. The highest BCUT2D eigenvalue weighted by Crippen LogP contribution is 2.38. The minimum absolute atomic E-state index is 0.101. The molecule has 0 radical (unpaired) electrons. The Labute approximate surface area is 132 Å². The summed E-state index contributed by atoms with van der Waals surface area (Å²) in [6.07, 6.45) is 0.880. The van der Waals surface area contributed by atoms with Crippen molar-refractivity contribution >= 4 is 11.6 Å². The number of benzene rings is 1. The summed E-state index contributed by atoms with van der Waals surface area (Å²) in [4.78, 5) is 2.25. The van der Waals surface area contributed by atoms with E-state index in [1.807, 2.05) is 12.1 Å². The minimum atomic E-state index is 0.101. The van der Waals surface area contributed by atoms with Gasteiger partial charge in [0.15, 0.2) is 11.5 Å². The van der Waals surface area contributed by atoms with Gasteiger partial charge in [-0.05, 0) is 36.7 Å². The van der Waals surface area contributed by atoms with Crippen LogP contribution in [0.2, 0.25) is 5.02 Å². The Bertz CT molecular complexity index is 491. The Morgan fingerprint density at radius 2 is 2.00 bits per heavy atom. The van der Waals surface area contributed by atoms with Gasteiger partial charge in [0.1, 0.15) is 0 Å². The third-order valence-corrected chi connectivity index (χ3v) is 3.85. The van der Waals surface area contributed by atoms with Crippen LogP contribution in [0.15, 0.2) is 12.1 Å². The van der Waals surface area contributed by atoms with Crippen LogP contribution in [0.1, 0.15) is 25.8 Å². The number of fused-ring (bicyclic) bond motifs is 1. The molecule has 0 aliphatic carbocycles. The van der Waals surface area contributed by atoms with Crippen LogP contribution in [0.25, 0.3) is 0 Å². The molecule has 1 aromatic carbocycles. The summed E-state index contributed by atoms with van der Waals surface area (Å²) < 4.78 is 11.4. The Hall–Kier alpha value is -0.970. The maximum Gasteiger partial charge on any atom is 0.179 e. The number of halogens is 1. The number of ether oxygens (including phenoxy) is 2. The number of hydrogen-bond acceptors (Lipinski definition) is 4. The Morgan fingerprint density at radius 1 is 1.29 bits per heavy atom. The second-order valence-electron chi connectivity index (χ2n) is 6.50.